The molecule has 6 rings (SSSR count). The number of hydrogen-bond acceptors (Lipinski definition) is 8. The van der Waals surface area contributed by atoms with Gasteiger partial charge in [-0.05, 0) is 46.2 Å². The normalized spacial score (nSPS) is 12.8. The van der Waals surface area contributed by atoms with E-state index < -0.39 is 38.1 Å². The van der Waals surface area contributed by atoms with E-state index in [4.69, 9.17) is 22.3 Å². The van der Waals surface area contributed by atoms with Crippen LogP contribution in [0.1, 0.15) is 11.1 Å². The van der Waals surface area contributed by atoms with Gasteiger partial charge in [0.05, 0.1) is 9.85 Å². The summed E-state index contributed by atoms with van der Waals surface area (Å²) < 4.78 is 12.6. The van der Waals surface area contributed by atoms with Crippen LogP contribution in [0, 0.1) is 50.3 Å². The lowest BCUT2D eigenvalue weighted by atomic mass is 9.75. The Morgan fingerprint density at radius 1 is 0.739 bits per heavy atom. The van der Waals surface area contributed by atoms with Crippen LogP contribution in [0.15, 0.2) is 91.0 Å². The van der Waals surface area contributed by atoms with Gasteiger partial charge < -0.3 is 19.7 Å². The molecule has 1 aliphatic rings. The van der Waals surface area contributed by atoms with Crippen molar-refractivity contribution < 1.29 is 29.5 Å². The van der Waals surface area contributed by atoms with Crippen LogP contribution in [0.4, 0.5) is 11.4 Å². The lowest BCUT2D eigenvalue weighted by Gasteiger charge is -2.27. The SMILES string of the molecule is C#CC1(C#C)C=Cc2c(ccc(Oc3ccc([N+](=O)[O-])c(O)c3)c2-c2c(Oc3ccc([N+](=O)[O-])c(O)c3)ccc3ccccc23)C1. The Morgan fingerprint density at radius 3 is 1.87 bits per heavy atom. The Morgan fingerprint density at radius 2 is 1.30 bits per heavy atom. The van der Waals surface area contributed by atoms with Crippen LogP contribution in [0.25, 0.3) is 28.0 Å². The molecule has 0 aliphatic heterocycles. The summed E-state index contributed by atoms with van der Waals surface area (Å²) in [5.41, 5.74) is 0.778. The van der Waals surface area contributed by atoms with Crippen molar-refractivity contribution in [2.24, 2.45) is 5.41 Å². The number of ether oxygens (including phenoxy) is 2. The third kappa shape index (κ3) is 5.17. The van der Waals surface area contributed by atoms with E-state index >= 15 is 0 Å². The molecule has 0 saturated carbocycles. The molecule has 0 unspecified atom stereocenters. The molecule has 0 fully saturated rings. The highest BCUT2D eigenvalue weighted by Crippen LogP contribution is 2.50. The van der Waals surface area contributed by atoms with Gasteiger partial charge in [0.1, 0.15) is 28.4 Å². The van der Waals surface area contributed by atoms with Crippen LogP contribution in [0.2, 0.25) is 0 Å². The number of terminal acetylenes is 2. The van der Waals surface area contributed by atoms with E-state index in [9.17, 15) is 30.4 Å². The number of aromatic hydroxyl groups is 2. The fourth-order valence-electron chi connectivity index (χ4n) is 5.45. The van der Waals surface area contributed by atoms with Gasteiger partial charge in [-0.25, -0.2) is 0 Å². The van der Waals surface area contributed by atoms with Crippen LogP contribution < -0.4 is 9.47 Å². The van der Waals surface area contributed by atoms with E-state index in [-0.39, 0.29) is 11.5 Å². The van der Waals surface area contributed by atoms with Crippen molar-refractivity contribution in [1.29, 1.82) is 0 Å². The summed E-state index contributed by atoms with van der Waals surface area (Å²) in [6.45, 7) is 0. The highest BCUT2D eigenvalue weighted by molar-refractivity contribution is 6.04. The average Bonchev–Trinajstić information content (AvgIpc) is 3.04. The number of nitrogens with zero attached hydrogens (tertiary/aromatic N) is 2. The minimum atomic E-state index is -0.953. The van der Waals surface area contributed by atoms with Crippen molar-refractivity contribution in [3.8, 4) is 70.3 Å². The third-order valence-electron chi connectivity index (χ3n) is 7.70. The molecule has 224 valence electrons. The molecular weight excluding hydrogens is 588 g/mol. The molecule has 2 N–H and O–H groups in total. The highest BCUT2D eigenvalue weighted by atomic mass is 16.6. The molecule has 5 aromatic rings. The Hall–Kier alpha value is -6.78. The predicted molar refractivity (Wildman–Crippen MR) is 172 cm³/mol. The van der Waals surface area contributed by atoms with E-state index in [1.165, 1.54) is 12.1 Å². The van der Waals surface area contributed by atoms with Crippen molar-refractivity contribution in [1.82, 2.24) is 0 Å². The van der Waals surface area contributed by atoms with Crippen molar-refractivity contribution in [2.75, 3.05) is 0 Å². The largest absolute Gasteiger partial charge is 0.502 e. The Bertz CT molecular complexity index is 2190. The van der Waals surface area contributed by atoms with Gasteiger partial charge in [-0.1, -0.05) is 60.4 Å². The van der Waals surface area contributed by atoms with Crippen LogP contribution in [-0.4, -0.2) is 20.1 Å². The third-order valence-corrected chi connectivity index (χ3v) is 7.70. The van der Waals surface area contributed by atoms with Gasteiger partial charge in [-0.2, -0.15) is 0 Å². The van der Waals surface area contributed by atoms with Gasteiger partial charge in [0, 0.05) is 41.8 Å². The summed E-state index contributed by atoms with van der Waals surface area (Å²) in [6.07, 6.45) is 15.6. The second-order valence-electron chi connectivity index (χ2n) is 10.5. The monoisotopic (exact) mass is 610 g/mol. The topological polar surface area (TPSA) is 145 Å². The van der Waals surface area contributed by atoms with Crippen molar-refractivity contribution in [3.63, 3.8) is 0 Å². The zero-order valence-electron chi connectivity index (χ0n) is 23.8. The van der Waals surface area contributed by atoms with E-state index in [0.717, 1.165) is 46.2 Å². The van der Waals surface area contributed by atoms with Gasteiger partial charge in [0.15, 0.2) is 11.5 Å². The second kappa shape index (κ2) is 11.4. The van der Waals surface area contributed by atoms with Gasteiger partial charge in [-0.15, -0.1) is 12.8 Å². The van der Waals surface area contributed by atoms with E-state index in [1.54, 1.807) is 18.2 Å². The number of phenols is 2. The Kier molecular flexibility index (Phi) is 7.25. The first-order valence-corrected chi connectivity index (χ1v) is 13.8. The first-order valence-electron chi connectivity index (χ1n) is 13.8. The van der Waals surface area contributed by atoms with Crippen LogP contribution in [0.3, 0.4) is 0 Å². The molecule has 0 heterocycles. The summed E-state index contributed by atoms with van der Waals surface area (Å²) in [4.78, 5) is 21.2. The predicted octanol–water partition coefficient (Wildman–Crippen LogP) is 8.14. The lowest BCUT2D eigenvalue weighted by Crippen LogP contribution is -2.20. The molecule has 0 atom stereocenters. The number of fused-ring (bicyclic) bond motifs is 2. The summed E-state index contributed by atoms with van der Waals surface area (Å²) in [7, 11) is 0. The Balaban J connectivity index is 1.60. The molecule has 5 aromatic carbocycles. The van der Waals surface area contributed by atoms with Crippen molar-refractivity contribution >= 4 is 28.2 Å². The van der Waals surface area contributed by atoms with Crippen LogP contribution in [-0.2, 0) is 6.42 Å². The highest BCUT2D eigenvalue weighted by Gasteiger charge is 2.31. The molecule has 0 aromatic heterocycles. The molecule has 0 bridgehead atoms. The van der Waals surface area contributed by atoms with Gasteiger partial charge in [0.25, 0.3) is 0 Å². The number of nitro groups is 2. The maximum Gasteiger partial charge on any atom is 0.310 e. The van der Waals surface area contributed by atoms with Gasteiger partial charge in [-0.3, -0.25) is 20.2 Å². The first kappa shape index (κ1) is 29.3. The zero-order chi connectivity index (χ0) is 32.6. The van der Waals surface area contributed by atoms with Crippen molar-refractivity contribution in [3.05, 3.63) is 122 Å². The van der Waals surface area contributed by atoms with E-state index in [2.05, 4.69) is 11.8 Å². The van der Waals surface area contributed by atoms with Crippen LogP contribution >= 0.6 is 0 Å². The van der Waals surface area contributed by atoms with Crippen molar-refractivity contribution in [2.45, 2.75) is 6.42 Å². The molecule has 0 radical (unpaired) electrons. The molecule has 0 saturated heterocycles. The minimum Gasteiger partial charge on any atom is -0.502 e. The summed E-state index contributed by atoms with van der Waals surface area (Å²) in [5, 5.41) is 44.8. The second-order valence-corrected chi connectivity index (χ2v) is 10.5. The molecule has 10 nitrogen and oxygen atoms in total. The molecule has 1 aliphatic carbocycles. The number of nitro benzene ring substituents is 2. The summed E-state index contributed by atoms with van der Waals surface area (Å²) >= 11 is 0. The molecule has 10 heteroatoms. The molecular formula is C36H22N2O8. The van der Waals surface area contributed by atoms with E-state index in [1.807, 2.05) is 42.5 Å². The standard InChI is InChI=1S/C36H22N2O8/c1-3-36(4-2)18-17-27-23(21-36)10-16-33(46-25-12-14-29(38(43)44)31(40)20-25)35(27)34-26-8-6-5-7-22(26)9-15-32(34)45-24-11-13-28(37(41)42)30(39)19-24/h1-2,5-20,39-40H,21H2. The average molecular weight is 611 g/mol. The first-order chi connectivity index (χ1) is 22.1. The smallest absolute Gasteiger partial charge is 0.310 e. The van der Waals surface area contributed by atoms with Gasteiger partial charge in [0.2, 0.25) is 0 Å². The van der Waals surface area contributed by atoms with Gasteiger partial charge >= 0.3 is 11.4 Å². The summed E-state index contributed by atoms with van der Waals surface area (Å²) in [6, 6.07) is 22.0. The number of allylic oxidation sites excluding steroid dienone is 1. The zero-order valence-corrected chi connectivity index (χ0v) is 23.8. The lowest BCUT2D eigenvalue weighted by molar-refractivity contribution is -0.386. The fourth-order valence-corrected chi connectivity index (χ4v) is 5.45. The number of benzene rings is 5. The molecule has 0 amide bonds. The minimum absolute atomic E-state index is 0.133. The molecule has 46 heavy (non-hydrogen) atoms. The quantitative estimate of drug-likeness (QED) is 0.107. The number of phenolic OH excluding ortho intramolecular Hbond substituents is 2. The number of hydrogen-bond donors (Lipinski definition) is 2. The fraction of sp³-hybridized carbons (Fsp3) is 0.0556. The number of rotatable bonds is 7. The Labute approximate surface area is 262 Å². The molecule has 0 spiro atoms. The maximum absolute atomic E-state index is 11.3. The van der Waals surface area contributed by atoms with E-state index in [0.29, 0.717) is 29.0 Å². The maximum atomic E-state index is 11.3. The summed E-state index contributed by atoms with van der Waals surface area (Å²) in [5.74, 6) is 5.19. The van der Waals surface area contributed by atoms with Crippen LogP contribution in [0.5, 0.6) is 34.5 Å².